The van der Waals surface area contributed by atoms with Crippen molar-refractivity contribution in [3.63, 3.8) is 0 Å². The highest BCUT2D eigenvalue weighted by Gasteiger charge is 2.15. The predicted octanol–water partition coefficient (Wildman–Crippen LogP) is 1.49. The number of nitrogen functional groups attached to an aromatic ring is 1. The number of aromatic nitrogens is 4. The van der Waals surface area contributed by atoms with Crippen LogP contribution in [0.4, 0.5) is 5.69 Å². The van der Waals surface area contributed by atoms with E-state index in [1.807, 2.05) is 25.5 Å². The number of aromatic amines is 1. The first-order chi connectivity index (χ1) is 7.13. The first-order valence-electron chi connectivity index (χ1n) is 4.98. The fourth-order valence-corrected chi connectivity index (χ4v) is 1.61. The van der Waals surface area contributed by atoms with Gasteiger partial charge in [0.2, 0.25) is 0 Å². The van der Waals surface area contributed by atoms with Crippen molar-refractivity contribution in [3.8, 4) is 11.5 Å². The van der Waals surface area contributed by atoms with Crippen molar-refractivity contribution < 1.29 is 0 Å². The summed E-state index contributed by atoms with van der Waals surface area (Å²) in [5.74, 6) is 0.785. The Morgan fingerprint density at radius 1 is 1.47 bits per heavy atom. The molecule has 0 unspecified atom stereocenters. The van der Waals surface area contributed by atoms with Crippen LogP contribution in [0.2, 0.25) is 0 Å². The Kier molecular flexibility index (Phi) is 2.22. The van der Waals surface area contributed by atoms with Crippen molar-refractivity contribution in [1.29, 1.82) is 0 Å². The molecule has 0 aliphatic heterocycles. The van der Waals surface area contributed by atoms with Gasteiger partial charge in [-0.2, -0.15) is 5.10 Å². The number of nitrogens with zero attached hydrogens (tertiary/aromatic N) is 3. The number of anilines is 1. The van der Waals surface area contributed by atoms with Gasteiger partial charge in [0.1, 0.15) is 5.69 Å². The number of aryl methyl sites for hydroxylation is 3. The minimum absolute atomic E-state index is 0.700. The Morgan fingerprint density at radius 3 is 2.73 bits per heavy atom. The van der Waals surface area contributed by atoms with Gasteiger partial charge in [-0.15, -0.1) is 0 Å². The number of hydrogen-bond acceptors (Lipinski definition) is 3. The fourth-order valence-electron chi connectivity index (χ4n) is 1.61. The second-order valence-electron chi connectivity index (χ2n) is 3.58. The van der Waals surface area contributed by atoms with Crippen LogP contribution < -0.4 is 5.73 Å². The SMILES string of the molecule is CCn1nc(C)c(N)c1-c1ncc(C)[nH]1. The smallest absolute Gasteiger partial charge is 0.158 e. The zero-order chi connectivity index (χ0) is 11.0. The second kappa shape index (κ2) is 3.42. The fraction of sp³-hybridized carbons (Fsp3) is 0.400. The lowest BCUT2D eigenvalue weighted by atomic mass is 10.3. The standard InChI is InChI=1S/C10H15N5/c1-4-15-9(8(11)7(3)14-15)10-12-5-6(2)13-10/h5H,4,11H2,1-3H3,(H,12,13). The van der Waals surface area contributed by atoms with Gasteiger partial charge in [0.15, 0.2) is 5.82 Å². The molecule has 15 heavy (non-hydrogen) atoms. The zero-order valence-corrected chi connectivity index (χ0v) is 9.20. The van der Waals surface area contributed by atoms with Crippen LogP contribution in [-0.4, -0.2) is 19.7 Å². The third-order valence-corrected chi connectivity index (χ3v) is 2.40. The van der Waals surface area contributed by atoms with E-state index in [0.717, 1.165) is 29.5 Å². The number of nitrogens with one attached hydrogen (secondary N) is 1. The maximum absolute atomic E-state index is 5.98. The highest BCUT2D eigenvalue weighted by Crippen LogP contribution is 2.25. The molecular weight excluding hydrogens is 190 g/mol. The van der Waals surface area contributed by atoms with Gasteiger partial charge in [-0.05, 0) is 20.8 Å². The van der Waals surface area contributed by atoms with Gasteiger partial charge in [-0.3, -0.25) is 4.68 Å². The van der Waals surface area contributed by atoms with Crippen LogP contribution >= 0.6 is 0 Å². The maximum Gasteiger partial charge on any atom is 0.158 e. The molecule has 2 aromatic heterocycles. The quantitative estimate of drug-likeness (QED) is 0.780. The van der Waals surface area contributed by atoms with E-state index in [-0.39, 0.29) is 0 Å². The van der Waals surface area contributed by atoms with E-state index >= 15 is 0 Å². The van der Waals surface area contributed by atoms with E-state index in [1.165, 1.54) is 0 Å². The van der Waals surface area contributed by atoms with Gasteiger partial charge < -0.3 is 10.7 Å². The highest BCUT2D eigenvalue weighted by molar-refractivity contribution is 5.70. The molecule has 0 atom stereocenters. The van der Waals surface area contributed by atoms with Crippen LogP contribution in [0.5, 0.6) is 0 Å². The van der Waals surface area contributed by atoms with Crippen LogP contribution in [0.15, 0.2) is 6.20 Å². The molecule has 0 saturated carbocycles. The summed E-state index contributed by atoms with van der Waals surface area (Å²) in [5.41, 5.74) is 9.42. The monoisotopic (exact) mass is 205 g/mol. The van der Waals surface area contributed by atoms with Crippen molar-refractivity contribution in [2.24, 2.45) is 0 Å². The minimum atomic E-state index is 0.700. The molecule has 2 heterocycles. The van der Waals surface area contributed by atoms with Gasteiger partial charge in [0.05, 0.1) is 11.4 Å². The molecule has 2 rings (SSSR count). The molecule has 0 radical (unpaired) electrons. The Bertz CT molecular complexity index is 480. The lowest BCUT2D eigenvalue weighted by Gasteiger charge is -2.01. The summed E-state index contributed by atoms with van der Waals surface area (Å²) in [6.45, 7) is 6.69. The van der Waals surface area contributed by atoms with E-state index in [1.54, 1.807) is 6.20 Å². The average molecular weight is 205 g/mol. The first-order valence-corrected chi connectivity index (χ1v) is 4.98. The number of H-pyrrole nitrogens is 1. The van der Waals surface area contributed by atoms with Crippen molar-refractivity contribution in [2.75, 3.05) is 5.73 Å². The molecule has 3 N–H and O–H groups in total. The topological polar surface area (TPSA) is 72.5 Å². The van der Waals surface area contributed by atoms with Gasteiger partial charge in [0.25, 0.3) is 0 Å². The van der Waals surface area contributed by atoms with E-state index in [9.17, 15) is 0 Å². The van der Waals surface area contributed by atoms with Crippen molar-refractivity contribution in [3.05, 3.63) is 17.6 Å². The second-order valence-corrected chi connectivity index (χ2v) is 3.58. The van der Waals surface area contributed by atoms with Crippen LogP contribution in [0.1, 0.15) is 18.3 Å². The van der Waals surface area contributed by atoms with Crippen molar-refractivity contribution in [1.82, 2.24) is 19.7 Å². The van der Waals surface area contributed by atoms with Crippen LogP contribution in [0.3, 0.4) is 0 Å². The van der Waals surface area contributed by atoms with Crippen LogP contribution in [-0.2, 0) is 6.54 Å². The van der Waals surface area contributed by atoms with Gasteiger partial charge >= 0.3 is 0 Å². The molecule has 80 valence electrons. The molecule has 0 aromatic carbocycles. The normalized spacial score (nSPS) is 10.9. The number of imidazole rings is 1. The Morgan fingerprint density at radius 2 is 2.20 bits per heavy atom. The molecule has 0 bridgehead atoms. The third-order valence-electron chi connectivity index (χ3n) is 2.40. The average Bonchev–Trinajstić information content (AvgIpc) is 2.73. The van der Waals surface area contributed by atoms with E-state index in [4.69, 9.17) is 5.73 Å². The summed E-state index contributed by atoms with van der Waals surface area (Å²) in [5, 5.41) is 4.35. The number of hydrogen-bond donors (Lipinski definition) is 2. The lowest BCUT2D eigenvalue weighted by Crippen LogP contribution is -2.01. The Labute approximate surface area is 88.3 Å². The summed E-state index contributed by atoms with van der Waals surface area (Å²) in [6.07, 6.45) is 1.79. The maximum atomic E-state index is 5.98. The van der Waals surface area contributed by atoms with Gasteiger partial charge in [-0.25, -0.2) is 4.98 Å². The third kappa shape index (κ3) is 1.49. The summed E-state index contributed by atoms with van der Waals surface area (Å²) in [7, 11) is 0. The molecular formula is C10H15N5. The molecule has 5 heteroatoms. The summed E-state index contributed by atoms with van der Waals surface area (Å²) >= 11 is 0. The Hall–Kier alpha value is -1.78. The zero-order valence-electron chi connectivity index (χ0n) is 9.20. The Balaban J connectivity index is 2.60. The molecule has 5 nitrogen and oxygen atoms in total. The van der Waals surface area contributed by atoms with Crippen molar-refractivity contribution >= 4 is 5.69 Å². The number of nitrogens with two attached hydrogens (primary N) is 1. The lowest BCUT2D eigenvalue weighted by molar-refractivity contribution is 0.658. The van der Waals surface area contributed by atoms with E-state index < -0.39 is 0 Å². The first kappa shape index (κ1) is 9.76. The van der Waals surface area contributed by atoms with E-state index in [2.05, 4.69) is 15.1 Å². The molecule has 0 spiro atoms. The summed E-state index contributed by atoms with van der Waals surface area (Å²) in [4.78, 5) is 7.44. The molecule has 0 aliphatic carbocycles. The molecule has 0 amide bonds. The van der Waals surface area contributed by atoms with Crippen molar-refractivity contribution in [2.45, 2.75) is 27.3 Å². The molecule has 0 fully saturated rings. The molecule has 2 aromatic rings. The van der Waals surface area contributed by atoms with Crippen LogP contribution in [0.25, 0.3) is 11.5 Å². The summed E-state index contributed by atoms with van der Waals surface area (Å²) < 4.78 is 1.86. The van der Waals surface area contributed by atoms with Gasteiger partial charge in [0, 0.05) is 18.4 Å². The largest absolute Gasteiger partial charge is 0.395 e. The van der Waals surface area contributed by atoms with Gasteiger partial charge in [-0.1, -0.05) is 0 Å². The molecule has 0 aliphatic rings. The minimum Gasteiger partial charge on any atom is -0.395 e. The van der Waals surface area contributed by atoms with E-state index in [0.29, 0.717) is 5.69 Å². The summed E-state index contributed by atoms with van der Waals surface area (Å²) in [6, 6.07) is 0. The highest BCUT2D eigenvalue weighted by atomic mass is 15.3. The molecule has 0 saturated heterocycles. The number of rotatable bonds is 2. The predicted molar refractivity (Wildman–Crippen MR) is 59.4 cm³/mol. The van der Waals surface area contributed by atoms with Crippen LogP contribution in [0, 0.1) is 13.8 Å².